The number of aryl methyl sites for hydroxylation is 2. The van der Waals surface area contributed by atoms with E-state index in [1.165, 1.54) is 5.56 Å². The normalized spacial score (nSPS) is 11.4. The molecule has 1 heterocycles. The average Bonchev–Trinajstić information content (AvgIpc) is 2.74. The summed E-state index contributed by atoms with van der Waals surface area (Å²) in [5.41, 5.74) is 4.49. The molecule has 3 aromatic carbocycles. The first-order chi connectivity index (χ1) is 13.6. The lowest BCUT2D eigenvalue weighted by molar-refractivity contribution is 0.537. The van der Waals surface area contributed by atoms with Crippen LogP contribution in [-0.4, -0.2) is 0 Å². The van der Waals surface area contributed by atoms with Crippen molar-refractivity contribution in [1.82, 2.24) is 0 Å². The molecule has 4 aromatic rings. The molecule has 0 aliphatic heterocycles. The molecule has 28 heavy (non-hydrogen) atoms. The van der Waals surface area contributed by atoms with E-state index in [1.54, 1.807) is 0 Å². The first-order valence-corrected chi connectivity index (χ1v) is 10.3. The minimum absolute atomic E-state index is 0.270. The van der Waals surface area contributed by atoms with Crippen LogP contribution in [0.4, 0.5) is 4.39 Å². The van der Waals surface area contributed by atoms with Crippen LogP contribution in [0.2, 0.25) is 0 Å². The number of hydrogen-bond acceptors (Lipinski definition) is 2. The molecule has 0 radical (unpaired) electrons. The van der Waals surface area contributed by atoms with E-state index >= 15 is 0 Å². The van der Waals surface area contributed by atoms with E-state index in [2.05, 4.69) is 44.2 Å². The Morgan fingerprint density at radius 2 is 1.57 bits per heavy atom. The van der Waals surface area contributed by atoms with Gasteiger partial charge in [-0.1, -0.05) is 68.8 Å². The summed E-state index contributed by atoms with van der Waals surface area (Å²) in [5, 5.41) is 2.55. The molecule has 0 saturated heterocycles. The van der Waals surface area contributed by atoms with Crippen molar-refractivity contribution in [3.8, 4) is 11.1 Å². The highest BCUT2D eigenvalue weighted by molar-refractivity contribution is 7.71. The van der Waals surface area contributed by atoms with Gasteiger partial charge >= 0.3 is 0 Å². The number of rotatable bonds is 5. The van der Waals surface area contributed by atoms with Crippen LogP contribution in [0.25, 0.3) is 32.9 Å². The first-order valence-electron chi connectivity index (χ1n) is 9.89. The summed E-state index contributed by atoms with van der Waals surface area (Å²) in [6.07, 6.45) is 3.72. The van der Waals surface area contributed by atoms with Gasteiger partial charge in [-0.25, -0.2) is 4.39 Å². The van der Waals surface area contributed by atoms with Gasteiger partial charge < -0.3 is 4.42 Å². The van der Waals surface area contributed by atoms with Crippen LogP contribution in [0.3, 0.4) is 0 Å². The summed E-state index contributed by atoms with van der Waals surface area (Å²) in [6, 6.07) is 18.5. The monoisotopic (exact) mass is 390 g/mol. The number of unbranched alkanes of at least 4 members (excludes halogenated alkanes) is 1. The van der Waals surface area contributed by atoms with Crippen molar-refractivity contribution < 1.29 is 8.81 Å². The van der Waals surface area contributed by atoms with Crippen molar-refractivity contribution >= 4 is 34.0 Å². The minimum Gasteiger partial charge on any atom is -0.441 e. The molecule has 0 bridgehead atoms. The lowest BCUT2D eigenvalue weighted by atomic mass is 9.98. The molecule has 0 aliphatic carbocycles. The van der Waals surface area contributed by atoms with E-state index in [-0.39, 0.29) is 11.4 Å². The third-order valence-corrected chi connectivity index (χ3v) is 5.70. The summed E-state index contributed by atoms with van der Waals surface area (Å²) in [7, 11) is 0. The Labute approximate surface area is 169 Å². The molecule has 3 heteroatoms. The van der Waals surface area contributed by atoms with Crippen LogP contribution < -0.4 is 0 Å². The zero-order valence-corrected chi connectivity index (χ0v) is 17.0. The maximum absolute atomic E-state index is 15.0. The zero-order valence-electron chi connectivity index (χ0n) is 16.2. The van der Waals surface area contributed by atoms with E-state index in [4.69, 9.17) is 16.6 Å². The van der Waals surface area contributed by atoms with E-state index < -0.39 is 0 Å². The maximum Gasteiger partial charge on any atom is 0.198 e. The highest BCUT2D eigenvalue weighted by atomic mass is 32.1. The van der Waals surface area contributed by atoms with E-state index in [9.17, 15) is 4.39 Å². The number of hydrogen-bond donors (Lipinski definition) is 0. The highest BCUT2D eigenvalue weighted by Crippen LogP contribution is 2.33. The summed E-state index contributed by atoms with van der Waals surface area (Å²) < 4.78 is 21.1. The van der Waals surface area contributed by atoms with Crippen molar-refractivity contribution in [1.29, 1.82) is 0 Å². The van der Waals surface area contributed by atoms with Crippen molar-refractivity contribution in [3.05, 3.63) is 76.2 Å². The predicted octanol–water partition coefficient (Wildman–Crippen LogP) is 8.03. The third-order valence-electron chi connectivity index (χ3n) is 5.40. The van der Waals surface area contributed by atoms with Crippen LogP contribution in [-0.2, 0) is 12.8 Å². The Bertz CT molecular complexity index is 1210. The lowest BCUT2D eigenvalue weighted by Gasteiger charge is -2.10. The number of halogens is 1. The van der Waals surface area contributed by atoms with Crippen LogP contribution in [0.1, 0.15) is 37.8 Å². The molecule has 0 saturated carbocycles. The molecular weight excluding hydrogens is 367 g/mol. The van der Waals surface area contributed by atoms with Gasteiger partial charge in [-0.2, -0.15) is 0 Å². The quantitative estimate of drug-likeness (QED) is 0.253. The summed E-state index contributed by atoms with van der Waals surface area (Å²) in [4.78, 5) is 0. The summed E-state index contributed by atoms with van der Waals surface area (Å²) in [6.45, 7) is 4.25. The van der Waals surface area contributed by atoms with Crippen molar-refractivity contribution in [3.63, 3.8) is 0 Å². The Hall–Kier alpha value is -2.52. The molecule has 142 valence electrons. The summed E-state index contributed by atoms with van der Waals surface area (Å²) in [5.74, 6) is -0.279. The van der Waals surface area contributed by atoms with E-state index in [0.29, 0.717) is 16.7 Å². The van der Waals surface area contributed by atoms with E-state index in [1.807, 2.05) is 24.3 Å². The van der Waals surface area contributed by atoms with Crippen LogP contribution in [0, 0.1) is 10.5 Å². The molecule has 0 fully saturated rings. The molecule has 0 N–H and O–H groups in total. The van der Waals surface area contributed by atoms with Gasteiger partial charge in [0.15, 0.2) is 16.1 Å². The average molecular weight is 391 g/mol. The molecule has 0 unspecified atom stereocenters. The van der Waals surface area contributed by atoms with Gasteiger partial charge in [0, 0.05) is 10.8 Å². The zero-order chi connectivity index (χ0) is 19.7. The van der Waals surface area contributed by atoms with Gasteiger partial charge in [-0.3, -0.25) is 0 Å². The molecule has 1 nitrogen and oxygen atoms in total. The molecule has 0 atom stereocenters. The molecule has 4 rings (SSSR count). The molecule has 1 aromatic heterocycles. The lowest BCUT2D eigenvalue weighted by Crippen LogP contribution is -1.93. The Morgan fingerprint density at radius 1 is 0.857 bits per heavy atom. The van der Waals surface area contributed by atoms with Crippen molar-refractivity contribution in [2.75, 3.05) is 0 Å². The van der Waals surface area contributed by atoms with Gasteiger partial charge in [0.2, 0.25) is 0 Å². The largest absolute Gasteiger partial charge is 0.441 e. The Morgan fingerprint density at radius 3 is 2.29 bits per heavy atom. The van der Waals surface area contributed by atoms with Crippen LogP contribution in [0.15, 0.2) is 59.0 Å². The van der Waals surface area contributed by atoms with Gasteiger partial charge in [0.1, 0.15) is 0 Å². The van der Waals surface area contributed by atoms with Crippen molar-refractivity contribution in [2.24, 2.45) is 0 Å². The van der Waals surface area contributed by atoms with Crippen LogP contribution in [0.5, 0.6) is 0 Å². The topological polar surface area (TPSA) is 13.1 Å². The molecule has 0 spiro atoms. The smallest absolute Gasteiger partial charge is 0.198 e. The molecule has 0 amide bonds. The minimum atomic E-state index is -0.279. The van der Waals surface area contributed by atoms with Gasteiger partial charge in [-0.05, 0) is 65.2 Å². The number of benzene rings is 3. The van der Waals surface area contributed by atoms with Crippen molar-refractivity contribution in [2.45, 2.75) is 39.5 Å². The molecular formula is C25H23FOS. The Kier molecular flexibility index (Phi) is 5.27. The SMILES string of the molecule is CCCCc1ccc2c(oc(=S)c3cc(-c4ccc(CC)cc4)ccc32)c1F. The maximum atomic E-state index is 15.0. The summed E-state index contributed by atoms with van der Waals surface area (Å²) >= 11 is 5.49. The fourth-order valence-corrected chi connectivity index (χ4v) is 3.93. The van der Waals surface area contributed by atoms with Gasteiger partial charge in [0.05, 0.1) is 0 Å². The fraction of sp³-hybridized carbons (Fsp3) is 0.240. The molecule has 0 aliphatic rings. The van der Waals surface area contributed by atoms with E-state index in [0.717, 1.165) is 46.5 Å². The first kappa shape index (κ1) is 18.8. The second-order valence-corrected chi connectivity index (χ2v) is 7.59. The second-order valence-electron chi connectivity index (χ2n) is 7.22. The van der Waals surface area contributed by atoms with Gasteiger partial charge in [0.25, 0.3) is 0 Å². The third kappa shape index (κ3) is 3.35. The van der Waals surface area contributed by atoms with Gasteiger partial charge in [-0.15, -0.1) is 0 Å². The standard InChI is InChI=1S/C25H23FOS/c1-3-5-6-18-11-14-21-20-13-12-19(17-9-7-16(4-2)8-10-17)15-22(20)25(28)27-24(21)23(18)26/h7-15H,3-6H2,1-2H3. The van der Waals surface area contributed by atoms with Crippen LogP contribution >= 0.6 is 12.2 Å². The second kappa shape index (κ2) is 7.84. The fourth-order valence-electron chi connectivity index (χ4n) is 3.68. The predicted molar refractivity (Wildman–Crippen MR) is 118 cm³/mol. The Balaban J connectivity index is 1.87. The number of fused-ring (bicyclic) bond motifs is 3. The highest BCUT2D eigenvalue weighted by Gasteiger charge is 2.14.